The molecule has 1 aliphatic rings. The van der Waals surface area contributed by atoms with Crippen LogP contribution in [0.25, 0.3) is 0 Å². The molecule has 6 heteroatoms. The van der Waals surface area contributed by atoms with Gasteiger partial charge in [0, 0.05) is 6.21 Å². The van der Waals surface area contributed by atoms with Crippen LogP contribution in [0, 0.1) is 20.8 Å². The molecule has 106 valence electrons. The van der Waals surface area contributed by atoms with Gasteiger partial charge >= 0.3 is 0 Å². The van der Waals surface area contributed by atoms with E-state index >= 15 is 0 Å². The Labute approximate surface area is 120 Å². The summed E-state index contributed by atoms with van der Waals surface area (Å²) in [6.07, 6.45) is 5.12. The van der Waals surface area contributed by atoms with Gasteiger partial charge in [0.1, 0.15) is 0 Å². The summed E-state index contributed by atoms with van der Waals surface area (Å²) in [4.78, 5) is 15.5. The first-order valence-electron chi connectivity index (χ1n) is 6.10. The molecule has 1 heterocycles. The summed E-state index contributed by atoms with van der Waals surface area (Å²) in [7, 11) is 0. The highest BCUT2D eigenvalue weighted by Crippen LogP contribution is 2.34. The summed E-state index contributed by atoms with van der Waals surface area (Å²) in [6.45, 7) is 5.64. The monoisotopic (exact) mass is 292 g/mol. The SMILES string of the molecule is Cc1cc(C)c(N(S(=O)O)C2(C=O)C=CC=N2)c(C)c1. The molecule has 1 N–H and O–H groups in total. The van der Waals surface area contributed by atoms with Crippen LogP contribution in [0.15, 0.2) is 29.3 Å². The molecule has 1 aromatic carbocycles. The van der Waals surface area contributed by atoms with E-state index in [1.807, 2.05) is 32.9 Å². The van der Waals surface area contributed by atoms with Crippen LogP contribution < -0.4 is 4.31 Å². The van der Waals surface area contributed by atoms with Gasteiger partial charge in [-0.25, -0.2) is 8.51 Å². The lowest BCUT2D eigenvalue weighted by Crippen LogP contribution is -2.48. The highest BCUT2D eigenvalue weighted by Gasteiger charge is 2.40. The highest BCUT2D eigenvalue weighted by atomic mass is 32.2. The zero-order valence-electron chi connectivity index (χ0n) is 11.5. The van der Waals surface area contributed by atoms with Crippen molar-refractivity contribution in [1.82, 2.24) is 0 Å². The highest BCUT2D eigenvalue weighted by molar-refractivity contribution is 7.80. The molecule has 0 radical (unpaired) electrons. The Bertz CT molecular complexity index is 602. The van der Waals surface area contributed by atoms with Crippen LogP contribution in [0.1, 0.15) is 16.7 Å². The molecule has 0 bridgehead atoms. The number of benzene rings is 1. The number of carbonyl (C=O) groups is 1. The Morgan fingerprint density at radius 2 is 1.90 bits per heavy atom. The van der Waals surface area contributed by atoms with E-state index in [9.17, 15) is 13.6 Å². The van der Waals surface area contributed by atoms with E-state index < -0.39 is 16.9 Å². The molecule has 2 rings (SSSR count). The fourth-order valence-corrected chi connectivity index (χ4v) is 3.35. The van der Waals surface area contributed by atoms with Gasteiger partial charge in [0.2, 0.25) is 5.66 Å². The molecular weight excluding hydrogens is 276 g/mol. The van der Waals surface area contributed by atoms with Crippen molar-refractivity contribution in [3.05, 3.63) is 41.0 Å². The van der Waals surface area contributed by atoms with Crippen molar-refractivity contribution >= 4 is 29.5 Å². The first-order chi connectivity index (χ1) is 9.41. The van der Waals surface area contributed by atoms with Crippen LogP contribution in [0.3, 0.4) is 0 Å². The average Bonchev–Trinajstić information content (AvgIpc) is 2.82. The summed E-state index contributed by atoms with van der Waals surface area (Å²) >= 11 is -2.37. The molecule has 2 unspecified atom stereocenters. The van der Waals surface area contributed by atoms with Crippen LogP contribution in [0.4, 0.5) is 5.69 Å². The zero-order valence-corrected chi connectivity index (χ0v) is 12.3. The van der Waals surface area contributed by atoms with E-state index in [1.54, 1.807) is 6.08 Å². The summed E-state index contributed by atoms with van der Waals surface area (Å²) < 4.78 is 22.6. The fraction of sp³-hybridized carbons (Fsp3) is 0.286. The molecule has 5 nitrogen and oxygen atoms in total. The van der Waals surface area contributed by atoms with Crippen LogP contribution in [0.2, 0.25) is 0 Å². The molecule has 1 aromatic rings. The topological polar surface area (TPSA) is 70.0 Å². The standard InChI is InChI=1S/C14H16N2O3S/c1-10-7-11(2)13(12(3)8-10)16(20(18)19)14(9-17)5-4-6-15-14/h4-9H,1-3H3,(H,18,19). The van der Waals surface area contributed by atoms with Crippen molar-refractivity contribution in [2.45, 2.75) is 26.4 Å². The number of aryl methyl sites for hydroxylation is 3. The van der Waals surface area contributed by atoms with Gasteiger partial charge in [0.15, 0.2) is 6.29 Å². The first-order valence-corrected chi connectivity index (χ1v) is 7.16. The Balaban J connectivity index is 2.67. The van der Waals surface area contributed by atoms with Gasteiger partial charge in [-0.1, -0.05) is 17.7 Å². The molecule has 20 heavy (non-hydrogen) atoms. The molecule has 2 atom stereocenters. The van der Waals surface area contributed by atoms with Crippen molar-refractivity contribution in [2.24, 2.45) is 4.99 Å². The number of nitrogens with zero attached hydrogens (tertiary/aromatic N) is 2. The minimum Gasteiger partial charge on any atom is -0.298 e. The van der Waals surface area contributed by atoms with E-state index in [2.05, 4.69) is 4.99 Å². The van der Waals surface area contributed by atoms with Crippen molar-refractivity contribution < 1.29 is 13.6 Å². The first kappa shape index (κ1) is 14.6. The third-order valence-corrected chi connectivity index (χ3v) is 3.99. The smallest absolute Gasteiger partial charge is 0.264 e. The molecule has 0 spiro atoms. The molecule has 0 fully saturated rings. The molecule has 0 aliphatic carbocycles. The quantitative estimate of drug-likeness (QED) is 0.682. The fourth-order valence-electron chi connectivity index (χ4n) is 2.50. The minimum absolute atomic E-state index is 0.548. The van der Waals surface area contributed by atoms with Gasteiger partial charge in [-0.05, 0) is 44.1 Å². The predicted octanol–water partition coefficient (Wildman–Crippen LogP) is 2.09. The Morgan fingerprint density at radius 3 is 2.30 bits per heavy atom. The number of allylic oxidation sites excluding steroid dienone is 1. The van der Waals surface area contributed by atoms with Gasteiger partial charge < -0.3 is 0 Å². The third-order valence-electron chi connectivity index (χ3n) is 3.20. The number of hydrogen-bond acceptors (Lipinski definition) is 3. The number of anilines is 1. The maximum Gasteiger partial charge on any atom is 0.264 e. The van der Waals surface area contributed by atoms with Gasteiger partial charge in [-0.3, -0.25) is 14.3 Å². The van der Waals surface area contributed by atoms with E-state index in [0.717, 1.165) is 21.0 Å². The van der Waals surface area contributed by atoms with E-state index in [4.69, 9.17) is 0 Å². The lowest BCUT2D eigenvalue weighted by molar-refractivity contribution is -0.110. The molecule has 0 saturated heterocycles. The second kappa shape index (κ2) is 5.30. The Hall–Kier alpha value is -1.79. The van der Waals surface area contributed by atoms with Crippen LogP contribution in [0.5, 0.6) is 0 Å². The van der Waals surface area contributed by atoms with Gasteiger partial charge in [0.05, 0.1) is 5.69 Å². The lowest BCUT2D eigenvalue weighted by atomic mass is 10.0. The van der Waals surface area contributed by atoms with Gasteiger partial charge in [0.25, 0.3) is 11.3 Å². The van der Waals surface area contributed by atoms with Crippen LogP contribution in [-0.4, -0.2) is 26.9 Å². The maximum absolute atomic E-state index is 11.8. The summed E-state index contributed by atoms with van der Waals surface area (Å²) in [5.74, 6) is 0. The molecule has 0 saturated carbocycles. The lowest BCUT2D eigenvalue weighted by Gasteiger charge is -2.33. The van der Waals surface area contributed by atoms with Crippen molar-refractivity contribution in [3.8, 4) is 0 Å². The van der Waals surface area contributed by atoms with Gasteiger partial charge in [-0.15, -0.1) is 0 Å². The maximum atomic E-state index is 11.8. The average molecular weight is 292 g/mol. The molecular formula is C14H16N2O3S. The number of hydrogen-bond donors (Lipinski definition) is 1. The van der Waals surface area contributed by atoms with Crippen molar-refractivity contribution in [2.75, 3.05) is 4.31 Å². The van der Waals surface area contributed by atoms with Crippen molar-refractivity contribution in [3.63, 3.8) is 0 Å². The Kier molecular flexibility index (Phi) is 3.87. The molecule has 0 amide bonds. The van der Waals surface area contributed by atoms with Gasteiger partial charge in [-0.2, -0.15) is 0 Å². The number of carbonyl (C=O) groups excluding carboxylic acids is 1. The second-order valence-electron chi connectivity index (χ2n) is 4.81. The normalized spacial score (nSPS) is 22.0. The predicted molar refractivity (Wildman–Crippen MR) is 80.3 cm³/mol. The molecule has 0 aromatic heterocycles. The Morgan fingerprint density at radius 1 is 1.30 bits per heavy atom. The van der Waals surface area contributed by atoms with E-state index in [1.165, 1.54) is 12.3 Å². The summed E-state index contributed by atoms with van der Waals surface area (Å²) in [6, 6.07) is 3.81. The van der Waals surface area contributed by atoms with E-state index in [0.29, 0.717) is 12.0 Å². The zero-order chi connectivity index (χ0) is 14.9. The van der Waals surface area contributed by atoms with E-state index in [-0.39, 0.29) is 0 Å². The summed E-state index contributed by atoms with van der Waals surface area (Å²) in [5.41, 5.74) is 1.79. The molecule has 1 aliphatic heterocycles. The van der Waals surface area contributed by atoms with Crippen LogP contribution >= 0.6 is 0 Å². The minimum atomic E-state index is -2.37. The van der Waals surface area contributed by atoms with Crippen LogP contribution in [-0.2, 0) is 16.1 Å². The third kappa shape index (κ3) is 2.32. The number of rotatable bonds is 4. The van der Waals surface area contributed by atoms with Crippen molar-refractivity contribution in [1.29, 1.82) is 0 Å². The second-order valence-corrected chi connectivity index (χ2v) is 5.64. The number of aldehydes is 1. The largest absolute Gasteiger partial charge is 0.298 e. The number of aliphatic imine (C=N–C) groups is 1. The summed E-state index contributed by atoms with van der Waals surface area (Å²) in [5, 5.41) is 0.